The zero-order valence-electron chi connectivity index (χ0n) is 15.8. The molecule has 0 atom stereocenters. The highest BCUT2D eigenvalue weighted by molar-refractivity contribution is 7.89. The van der Waals surface area contributed by atoms with E-state index in [1.807, 2.05) is 24.3 Å². The Morgan fingerprint density at radius 1 is 1.00 bits per heavy atom. The minimum Gasteiger partial charge on any atom is -0.497 e. The minimum atomic E-state index is -3.79. The highest BCUT2D eigenvalue weighted by atomic mass is 32.2. The molecule has 3 aromatic rings. The second-order valence-corrected chi connectivity index (χ2v) is 8.15. The number of fused-ring (bicyclic) bond motifs is 1. The molecule has 3 rings (SSSR count). The maximum absolute atomic E-state index is 13.0. The average molecular weight is 398 g/mol. The fourth-order valence-electron chi connectivity index (χ4n) is 2.88. The number of amides is 1. The molecule has 7 heteroatoms. The summed E-state index contributed by atoms with van der Waals surface area (Å²) in [4.78, 5) is 12.5. The number of carbonyl (C=O) groups excluding carboxylic acids is 1. The van der Waals surface area contributed by atoms with Crippen molar-refractivity contribution in [2.24, 2.45) is 0 Å². The van der Waals surface area contributed by atoms with Crippen LogP contribution >= 0.6 is 0 Å². The van der Waals surface area contributed by atoms with Crippen molar-refractivity contribution < 1.29 is 17.9 Å². The Morgan fingerprint density at radius 3 is 2.32 bits per heavy atom. The van der Waals surface area contributed by atoms with Gasteiger partial charge in [-0.2, -0.15) is 4.31 Å². The van der Waals surface area contributed by atoms with E-state index >= 15 is 0 Å². The van der Waals surface area contributed by atoms with E-state index in [1.165, 1.54) is 0 Å². The molecule has 1 amide bonds. The van der Waals surface area contributed by atoms with Gasteiger partial charge in [0, 0.05) is 12.2 Å². The smallest absolute Gasteiger partial charge is 0.243 e. The Kier molecular flexibility index (Phi) is 5.96. The normalized spacial score (nSPS) is 11.5. The molecule has 0 aliphatic heterocycles. The number of methoxy groups -OCH3 is 1. The van der Waals surface area contributed by atoms with E-state index in [0.29, 0.717) is 11.4 Å². The number of carbonyl (C=O) groups is 1. The fourth-order valence-corrected chi connectivity index (χ4v) is 4.32. The van der Waals surface area contributed by atoms with E-state index in [2.05, 4.69) is 5.32 Å². The minimum absolute atomic E-state index is 0.172. The Bertz CT molecular complexity index is 1080. The van der Waals surface area contributed by atoms with Gasteiger partial charge in [-0.1, -0.05) is 37.3 Å². The topological polar surface area (TPSA) is 75.7 Å². The number of ether oxygens (including phenoxy) is 1. The van der Waals surface area contributed by atoms with Crippen LogP contribution in [0.25, 0.3) is 10.8 Å². The molecular weight excluding hydrogens is 376 g/mol. The molecule has 0 fully saturated rings. The summed E-state index contributed by atoms with van der Waals surface area (Å²) in [6.45, 7) is 1.63. The van der Waals surface area contributed by atoms with Gasteiger partial charge in [0.25, 0.3) is 0 Å². The standard InChI is InChI=1S/C21H22N2O4S/c1-3-23(15-21(24)22-18-9-11-19(27-2)12-10-18)28(25,26)20-13-8-16-6-4-5-7-17(16)14-20/h4-14H,3,15H2,1-2H3,(H,22,24). The lowest BCUT2D eigenvalue weighted by molar-refractivity contribution is -0.116. The van der Waals surface area contributed by atoms with Crippen molar-refractivity contribution in [3.05, 3.63) is 66.7 Å². The van der Waals surface area contributed by atoms with Gasteiger partial charge in [0.1, 0.15) is 5.75 Å². The van der Waals surface area contributed by atoms with Gasteiger partial charge in [-0.25, -0.2) is 8.42 Å². The second-order valence-electron chi connectivity index (χ2n) is 6.22. The second kappa shape index (κ2) is 8.41. The SMILES string of the molecule is CCN(CC(=O)Nc1ccc(OC)cc1)S(=O)(=O)c1ccc2ccccc2c1. The van der Waals surface area contributed by atoms with Gasteiger partial charge in [0.15, 0.2) is 0 Å². The van der Waals surface area contributed by atoms with Crippen molar-refractivity contribution in [3.63, 3.8) is 0 Å². The van der Waals surface area contributed by atoms with Crippen LogP contribution in [0, 0.1) is 0 Å². The molecule has 0 unspecified atom stereocenters. The van der Waals surface area contributed by atoms with Crippen LogP contribution < -0.4 is 10.1 Å². The van der Waals surface area contributed by atoms with Gasteiger partial charge in [0.2, 0.25) is 15.9 Å². The van der Waals surface area contributed by atoms with E-state index in [1.54, 1.807) is 56.5 Å². The summed E-state index contributed by atoms with van der Waals surface area (Å²) in [5.41, 5.74) is 0.574. The van der Waals surface area contributed by atoms with Crippen LogP contribution in [0.15, 0.2) is 71.6 Å². The van der Waals surface area contributed by atoms with Crippen LogP contribution in [0.1, 0.15) is 6.92 Å². The highest BCUT2D eigenvalue weighted by Crippen LogP contribution is 2.22. The van der Waals surface area contributed by atoms with Gasteiger partial charge in [-0.3, -0.25) is 4.79 Å². The summed E-state index contributed by atoms with van der Waals surface area (Å²) in [7, 11) is -2.23. The zero-order valence-corrected chi connectivity index (χ0v) is 16.6. The molecule has 0 heterocycles. The Balaban J connectivity index is 1.77. The molecule has 0 bridgehead atoms. The number of likely N-dealkylation sites (N-methyl/N-ethyl adjacent to an activating group) is 1. The highest BCUT2D eigenvalue weighted by Gasteiger charge is 2.25. The van der Waals surface area contributed by atoms with Gasteiger partial charge in [0.05, 0.1) is 18.6 Å². The molecule has 1 N–H and O–H groups in total. The van der Waals surface area contributed by atoms with Crippen molar-refractivity contribution in [2.45, 2.75) is 11.8 Å². The first-order valence-electron chi connectivity index (χ1n) is 8.87. The molecule has 146 valence electrons. The third kappa shape index (κ3) is 4.32. The molecule has 0 radical (unpaired) electrons. The number of rotatable bonds is 7. The van der Waals surface area contributed by atoms with Crippen LogP contribution in [0.5, 0.6) is 5.75 Å². The molecular formula is C21H22N2O4S. The van der Waals surface area contributed by atoms with Crippen molar-refractivity contribution in [2.75, 3.05) is 25.5 Å². The number of nitrogens with zero attached hydrogens (tertiary/aromatic N) is 1. The zero-order chi connectivity index (χ0) is 20.1. The lowest BCUT2D eigenvalue weighted by Gasteiger charge is -2.20. The van der Waals surface area contributed by atoms with Gasteiger partial charge in [-0.15, -0.1) is 0 Å². The first kappa shape index (κ1) is 19.9. The molecule has 3 aromatic carbocycles. The number of hydrogen-bond donors (Lipinski definition) is 1. The molecule has 0 saturated heterocycles. The predicted molar refractivity (Wildman–Crippen MR) is 110 cm³/mol. The maximum atomic E-state index is 13.0. The van der Waals surface area contributed by atoms with E-state index in [9.17, 15) is 13.2 Å². The van der Waals surface area contributed by atoms with Crippen molar-refractivity contribution in [1.29, 1.82) is 0 Å². The summed E-state index contributed by atoms with van der Waals surface area (Å²) >= 11 is 0. The maximum Gasteiger partial charge on any atom is 0.243 e. The first-order valence-corrected chi connectivity index (χ1v) is 10.3. The molecule has 0 aliphatic carbocycles. The van der Waals surface area contributed by atoms with E-state index < -0.39 is 15.9 Å². The first-order chi connectivity index (χ1) is 13.4. The van der Waals surface area contributed by atoms with E-state index in [0.717, 1.165) is 15.1 Å². The van der Waals surface area contributed by atoms with Crippen molar-refractivity contribution in [3.8, 4) is 5.75 Å². The van der Waals surface area contributed by atoms with Gasteiger partial charge in [-0.05, 0) is 47.2 Å². The lowest BCUT2D eigenvalue weighted by atomic mass is 10.1. The Labute approximate surface area is 164 Å². The number of benzene rings is 3. The molecule has 0 aliphatic rings. The van der Waals surface area contributed by atoms with Gasteiger partial charge < -0.3 is 10.1 Å². The van der Waals surface area contributed by atoms with E-state index in [4.69, 9.17) is 4.74 Å². The number of nitrogens with one attached hydrogen (secondary N) is 1. The molecule has 28 heavy (non-hydrogen) atoms. The monoisotopic (exact) mass is 398 g/mol. The van der Waals surface area contributed by atoms with Crippen LogP contribution in [0.3, 0.4) is 0 Å². The third-order valence-corrected chi connectivity index (χ3v) is 6.32. The lowest BCUT2D eigenvalue weighted by Crippen LogP contribution is -2.37. The van der Waals surface area contributed by atoms with Crippen LogP contribution in [0.2, 0.25) is 0 Å². The summed E-state index contributed by atoms with van der Waals surface area (Å²) in [5.74, 6) is 0.267. The average Bonchev–Trinajstić information content (AvgIpc) is 2.72. The van der Waals surface area contributed by atoms with Crippen LogP contribution in [-0.2, 0) is 14.8 Å². The van der Waals surface area contributed by atoms with Crippen molar-refractivity contribution >= 4 is 32.4 Å². The molecule has 6 nitrogen and oxygen atoms in total. The summed E-state index contributed by atoms with van der Waals surface area (Å²) < 4.78 is 32.3. The predicted octanol–water partition coefficient (Wildman–Crippen LogP) is 3.50. The molecule has 0 spiro atoms. The quantitative estimate of drug-likeness (QED) is 0.661. The summed E-state index contributed by atoms with van der Waals surface area (Å²) in [6.07, 6.45) is 0. The number of sulfonamides is 1. The van der Waals surface area contributed by atoms with Crippen LogP contribution in [-0.4, -0.2) is 38.8 Å². The Hall–Kier alpha value is -2.90. The molecule has 0 aromatic heterocycles. The molecule has 0 saturated carbocycles. The summed E-state index contributed by atoms with van der Waals surface area (Å²) in [6, 6.07) is 19.4. The Morgan fingerprint density at radius 2 is 1.68 bits per heavy atom. The number of hydrogen-bond acceptors (Lipinski definition) is 4. The van der Waals surface area contributed by atoms with Gasteiger partial charge >= 0.3 is 0 Å². The van der Waals surface area contributed by atoms with Crippen molar-refractivity contribution in [1.82, 2.24) is 4.31 Å². The third-order valence-electron chi connectivity index (χ3n) is 4.41. The van der Waals surface area contributed by atoms with Crippen LogP contribution in [0.4, 0.5) is 5.69 Å². The number of anilines is 1. The van der Waals surface area contributed by atoms with E-state index in [-0.39, 0.29) is 18.0 Å². The largest absolute Gasteiger partial charge is 0.497 e. The summed E-state index contributed by atoms with van der Waals surface area (Å²) in [5, 5.41) is 4.51. The fraction of sp³-hybridized carbons (Fsp3) is 0.190.